The molecule has 1 saturated heterocycles. The van der Waals surface area contributed by atoms with Crippen molar-refractivity contribution in [2.24, 2.45) is 0 Å². The first-order chi connectivity index (χ1) is 11.9. The third kappa shape index (κ3) is 2.96. The summed E-state index contributed by atoms with van der Waals surface area (Å²) in [6, 6.07) is 4.85. The molecule has 1 aliphatic carbocycles. The number of fused-ring (bicyclic) bond motifs is 2. The number of carboxylic acid groups (broad SMARTS) is 1. The van der Waals surface area contributed by atoms with E-state index < -0.39 is 29.4 Å². The summed E-state index contributed by atoms with van der Waals surface area (Å²) < 4.78 is 5.38. The molecule has 0 saturated carbocycles. The van der Waals surface area contributed by atoms with Gasteiger partial charge in [0.2, 0.25) is 0 Å². The number of carbonyl (C=O) groups is 3. The molecule has 0 aromatic heterocycles. The summed E-state index contributed by atoms with van der Waals surface area (Å²) in [5.41, 5.74) is -0.276. The maximum absolute atomic E-state index is 12.8. The number of benzene rings is 1. The molecule has 1 aromatic carbocycles. The minimum atomic E-state index is -1.14. The number of aliphatic hydroxyl groups excluding tert-OH is 1. The molecule has 0 unspecified atom stereocenters. The third-order valence-corrected chi connectivity index (χ3v) is 5.09. The van der Waals surface area contributed by atoms with Gasteiger partial charge in [0, 0.05) is 30.2 Å². The van der Waals surface area contributed by atoms with Crippen LogP contribution in [0.1, 0.15) is 41.6 Å². The van der Waals surface area contributed by atoms with Gasteiger partial charge in [0.05, 0.1) is 11.8 Å². The Bertz CT molecular complexity index is 789. The number of aliphatic hydroxyl groups is 1. The second kappa shape index (κ2) is 6.61. The molecule has 2 aliphatic rings. The van der Waals surface area contributed by atoms with Crippen LogP contribution < -0.4 is 0 Å². The highest BCUT2D eigenvalue weighted by Crippen LogP contribution is 2.47. The van der Waals surface area contributed by atoms with Crippen LogP contribution in [0.4, 0.5) is 0 Å². The highest BCUT2D eigenvalue weighted by atomic mass is 35.5. The van der Waals surface area contributed by atoms with E-state index in [1.807, 2.05) is 0 Å². The van der Waals surface area contributed by atoms with Crippen molar-refractivity contribution >= 4 is 29.1 Å². The molecule has 1 aliphatic heterocycles. The van der Waals surface area contributed by atoms with Gasteiger partial charge in [-0.15, -0.1) is 0 Å². The molecule has 25 heavy (non-hydrogen) atoms. The predicted molar refractivity (Wildman–Crippen MR) is 89.0 cm³/mol. The van der Waals surface area contributed by atoms with Crippen LogP contribution in [0.25, 0.3) is 0 Å². The van der Waals surface area contributed by atoms with E-state index in [-0.39, 0.29) is 23.3 Å². The van der Waals surface area contributed by atoms with Gasteiger partial charge in [-0.05, 0) is 30.5 Å². The Morgan fingerprint density at radius 2 is 1.88 bits per heavy atom. The zero-order valence-corrected chi connectivity index (χ0v) is 14.1. The van der Waals surface area contributed by atoms with Crippen LogP contribution in [0.3, 0.4) is 0 Å². The van der Waals surface area contributed by atoms with Crippen molar-refractivity contribution in [1.82, 2.24) is 0 Å². The highest BCUT2D eigenvalue weighted by Gasteiger charge is 2.48. The third-order valence-electron chi connectivity index (χ3n) is 4.85. The van der Waals surface area contributed by atoms with Crippen molar-refractivity contribution in [3.8, 4) is 0 Å². The van der Waals surface area contributed by atoms with Crippen LogP contribution in [0.5, 0.6) is 0 Å². The van der Waals surface area contributed by atoms with E-state index in [4.69, 9.17) is 21.4 Å². The van der Waals surface area contributed by atoms with Crippen LogP contribution in [0, 0.1) is 0 Å². The Morgan fingerprint density at radius 3 is 2.52 bits per heavy atom. The topological polar surface area (TPSA) is 101 Å². The molecule has 1 heterocycles. The Balaban J connectivity index is 2.13. The van der Waals surface area contributed by atoms with Gasteiger partial charge in [-0.3, -0.25) is 14.4 Å². The first-order valence-electron chi connectivity index (χ1n) is 7.98. The maximum atomic E-state index is 12.8. The van der Waals surface area contributed by atoms with Crippen molar-refractivity contribution < 1.29 is 29.3 Å². The van der Waals surface area contributed by atoms with Gasteiger partial charge in [0.1, 0.15) is 11.3 Å². The number of Topliss-reactive ketones (excluding diaryl/α,β-unsaturated/α-hetero) is 2. The molecule has 132 valence electrons. The summed E-state index contributed by atoms with van der Waals surface area (Å²) in [6.45, 7) is 0.772. The van der Waals surface area contributed by atoms with Crippen LogP contribution in [0.2, 0.25) is 5.02 Å². The molecular formula is C18H17ClO6. The minimum Gasteiger partial charge on any atom is -0.510 e. The number of halogens is 1. The lowest BCUT2D eigenvalue weighted by Crippen LogP contribution is -2.42. The fraction of sp³-hybridized carbons (Fsp3) is 0.389. The van der Waals surface area contributed by atoms with E-state index in [0.717, 1.165) is 0 Å². The average molecular weight is 365 g/mol. The van der Waals surface area contributed by atoms with Gasteiger partial charge in [0.15, 0.2) is 11.6 Å². The van der Waals surface area contributed by atoms with Crippen molar-refractivity contribution in [1.29, 1.82) is 0 Å². The Labute approximate surface area is 149 Å². The molecule has 2 N–H and O–H groups in total. The molecule has 0 bridgehead atoms. The Morgan fingerprint density at radius 1 is 1.20 bits per heavy atom. The van der Waals surface area contributed by atoms with E-state index in [1.54, 1.807) is 12.1 Å². The van der Waals surface area contributed by atoms with Gasteiger partial charge >= 0.3 is 5.97 Å². The maximum Gasteiger partial charge on any atom is 0.303 e. The number of ether oxygens (including phenoxy) is 1. The van der Waals surface area contributed by atoms with Crippen molar-refractivity contribution in [3.05, 3.63) is 45.7 Å². The largest absolute Gasteiger partial charge is 0.510 e. The lowest BCUT2D eigenvalue weighted by molar-refractivity contribution is -0.138. The first-order valence-corrected chi connectivity index (χ1v) is 8.36. The minimum absolute atomic E-state index is 0.272. The number of carboxylic acids is 1. The van der Waals surface area contributed by atoms with Gasteiger partial charge in [-0.2, -0.15) is 0 Å². The zero-order chi connectivity index (χ0) is 18.2. The molecule has 0 atom stereocenters. The normalized spacial score (nSPS) is 19.0. The number of carbonyl (C=O) groups excluding carboxylic acids is 2. The Hall–Kier alpha value is -2.18. The molecule has 3 rings (SSSR count). The highest BCUT2D eigenvalue weighted by molar-refractivity contribution is 6.33. The monoisotopic (exact) mass is 364 g/mol. The average Bonchev–Trinajstić information content (AvgIpc) is 2.59. The number of aliphatic carboxylic acids is 1. The Kier molecular flexibility index (Phi) is 4.67. The molecule has 1 aromatic rings. The number of ketones is 2. The number of allylic oxidation sites excluding steroid dienone is 2. The molecule has 1 spiro atoms. The summed E-state index contributed by atoms with van der Waals surface area (Å²) in [5.74, 6) is -2.68. The van der Waals surface area contributed by atoms with E-state index in [1.165, 1.54) is 6.07 Å². The molecule has 7 heteroatoms. The fourth-order valence-corrected chi connectivity index (χ4v) is 3.73. The van der Waals surface area contributed by atoms with Gasteiger partial charge < -0.3 is 14.9 Å². The molecular weight excluding hydrogens is 348 g/mol. The van der Waals surface area contributed by atoms with Crippen LogP contribution in [0.15, 0.2) is 29.5 Å². The van der Waals surface area contributed by atoms with Crippen LogP contribution in [-0.2, 0) is 19.7 Å². The zero-order valence-electron chi connectivity index (χ0n) is 13.4. The number of hydrogen-bond donors (Lipinski definition) is 2. The summed E-state index contributed by atoms with van der Waals surface area (Å²) in [7, 11) is 0. The van der Waals surface area contributed by atoms with Crippen molar-refractivity contribution in [2.75, 3.05) is 13.2 Å². The summed E-state index contributed by atoms with van der Waals surface area (Å²) in [4.78, 5) is 36.0. The van der Waals surface area contributed by atoms with Gasteiger partial charge in [-0.25, -0.2) is 0 Å². The quantitative estimate of drug-likeness (QED) is 0.797. The number of rotatable bonds is 4. The van der Waals surface area contributed by atoms with E-state index in [0.29, 0.717) is 36.6 Å². The van der Waals surface area contributed by atoms with Crippen LogP contribution in [-0.4, -0.2) is 41.0 Å². The molecule has 1 fully saturated rings. The second-order valence-corrected chi connectivity index (χ2v) is 6.69. The summed E-state index contributed by atoms with van der Waals surface area (Å²) >= 11 is 6.02. The van der Waals surface area contributed by atoms with E-state index >= 15 is 0 Å². The molecule has 0 amide bonds. The lowest BCUT2D eigenvalue weighted by atomic mass is 9.65. The molecule has 0 radical (unpaired) electrons. The van der Waals surface area contributed by atoms with Crippen molar-refractivity contribution in [3.63, 3.8) is 0 Å². The van der Waals surface area contributed by atoms with E-state index in [2.05, 4.69) is 0 Å². The summed E-state index contributed by atoms with van der Waals surface area (Å²) in [6.07, 6.45) is 0.108. The van der Waals surface area contributed by atoms with Crippen molar-refractivity contribution in [2.45, 2.75) is 31.1 Å². The fourth-order valence-electron chi connectivity index (χ4n) is 3.56. The van der Waals surface area contributed by atoms with Gasteiger partial charge in [-0.1, -0.05) is 17.7 Å². The van der Waals surface area contributed by atoms with Crippen LogP contribution >= 0.6 is 11.6 Å². The first kappa shape index (κ1) is 17.6. The van der Waals surface area contributed by atoms with Gasteiger partial charge in [0.25, 0.3) is 0 Å². The lowest BCUT2D eigenvalue weighted by Gasteiger charge is -2.41. The number of hydrogen-bond acceptors (Lipinski definition) is 5. The van der Waals surface area contributed by atoms with E-state index in [9.17, 15) is 19.5 Å². The summed E-state index contributed by atoms with van der Waals surface area (Å²) in [5, 5.41) is 20.0. The predicted octanol–water partition coefficient (Wildman–Crippen LogP) is 2.83. The smallest absolute Gasteiger partial charge is 0.303 e. The second-order valence-electron chi connectivity index (χ2n) is 6.25. The SMILES string of the molecule is O=C(O)CCC(=O)C1=C(O)C2(CCOCC2)c2ccc(Cl)cc2C1=O. The molecule has 6 nitrogen and oxygen atoms in total. The standard InChI is InChI=1S/C18H17ClO6/c19-10-1-2-12-11(9-10)16(23)15(13(20)3-4-14(21)22)17(24)18(12)5-7-25-8-6-18/h1-2,9,24H,3-8H2,(H,21,22).